The Kier molecular flexibility index (Phi) is 3.57. The van der Waals surface area contributed by atoms with E-state index < -0.39 is 18.1 Å². The third-order valence-corrected chi connectivity index (χ3v) is 5.42. The van der Waals surface area contributed by atoms with Crippen LogP contribution in [-0.2, 0) is 10.2 Å². The first kappa shape index (κ1) is 16.4. The third kappa shape index (κ3) is 2.18. The number of anilines is 1. The molecular formula is C20H19NO6. The normalized spacial score (nSPS) is 23.2. The molecule has 3 heterocycles. The molecule has 7 nitrogen and oxygen atoms in total. The van der Waals surface area contributed by atoms with Gasteiger partial charge in [-0.3, -0.25) is 4.79 Å². The Bertz CT molecular complexity index is 929. The van der Waals surface area contributed by atoms with Crippen molar-refractivity contribution in [3.63, 3.8) is 0 Å². The van der Waals surface area contributed by atoms with Crippen molar-refractivity contribution >= 4 is 11.6 Å². The number of aliphatic hydroxyl groups is 2. The SMILES string of the molecule is O=C1N(C[C@H](O)CO)c2ccccc2C12COc1cc3c(cc12)OCCO3. The molecule has 3 aliphatic rings. The van der Waals surface area contributed by atoms with Crippen molar-refractivity contribution < 1.29 is 29.2 Å². The number of para-hydroxylation sites is 1. The van der Waals surface area contributed by atoms with E-state index >= 15 is 0 Å². The zero-order valence-corrected chi connectivity index (χ0v) is 14.6. The number of hydrogen-bond acceptors (Lipinski definition) is 6. The fourth-order valence-electron chi connectivity index (χ4n) is 4.16. The van der Waals surface area contributed by atoms with Crippen LogP contribution in [0.5, 0.6) is 17.2 Å². The molecule has 5 rings (SSSR count). The molecule has 1 amide bonds. The lowest BCUT2D eigenvalue weighted by Gasteiger charge is -2.25. The molecule has 0 aliphatic carbocycles. The van der Waals surface area contributed by atoms with Gasteiger partial charge >= 0.3 is 0 Å². The van der Waals surface area contributed by atoms with Crippen molar-refractivity contribution in [2.75, 3.05) is 37.9 Å². The average molecular weight is 369 g/mol. The van der Waals surface area contributed by atoms with Gasteiger partial charge in [-0.1, -0.05) is 18.2 Å². The zero-order valence-electron chi connectivity index (χ0n) is 14.6. The van der Waals surface area contributed by atoms with E-state index in [0.29, 0.717) is 30.5 Å². The van der Waals surface area contributed by atoms with E-state index in [-0.39, 0.29) is 19.1 Å². The number of hydrogen-bond donors (Lipinski definition) is 2. The standard InChI is InChI=1S/C20H19NO6/c22-10-12(23)9-21-15-4-2-1-3-13(15)20(19(21)24)11-27-16-8-18-17(7-14(16)20)25-5-6-26-18/h1-4,7-8,12,22-23H,5-6,9-11H2/t12-,20?/m0/s1. The molecule has 2 aromatic carbocycles. The highest BCUT2D eigenvalue weighted by molar-refractivity contribution is 6.11. The fraction of sp³-hybridized carbons (Fsp3) is 0.350. The zero-order chi connectivity index (χ0) is 18.6. The first-order chi connectivity index (χ1) is 13.1. The van der Waals surface area contributed by atoms with Gasteiger partial charge in [0.2, 0.25) is 5.91 Å². The van der Waals surface area contributed by atoms with Crippen molar-refractivity contribution in [3.05, 3.63) is 47.5 Å². The van der Waals surface area contributed by atoms with Crippen LogP contribution in [0, 0.1) is 0 Å². The van der Waals surface area contributed by atoms with E-state index in [9.17, 15) is 15.0 Å². The van der Waals surface area contributed by atoms with E-state index in [2.05, 4.69) is 0 Å². The first-order valence-corrected chi connectivity index (χ1v) is 8.92. The van der Waals surface area contributed by atoms with E-state index in [1.165, 1.54) is 4.90 Å². The summed E-state index contributed by atoms with van der Waals surface area (Å²) in [4.78, 5) is 15.1. The van der Waals surface area contributed by atoms with Gasteiger partial charge in [0, 0.05) is 17.3 Å². The summed E-state index contributed by atoms with van der Waals surface area (Å²) in [5, 5.41) is 19.2. The van der Waals surface area contributed by atoms with Gasteiger partial charge in [-0.2, -0.15) is 0 Å². The Morgan fingerprint density at radius 3 is 2.56 bits per heavy atom. The highest BCUT2D eigenvalue weighted by Gasteiger charge is 2.57. The van der Waals surface area contributed by atoms with E-state index in [0.717, 1.165) is 16.8 Å². The van der Waals surface area contributed by atoms with Crippen molar-refractivity contribution in [3.8, 4) is 17.2 Å². The second kappa shape index (κ2) is 5.87. The van der Waals surface area contributed by atoms with Gasteiger partial charge in [0.15, 0.2) is 11.5 Å². The molecule has 0 bridgehead atoms. The maximum absolute atomic E-state index is 13.5. The summed E-state index contributed by atoms with van der Waals surface area (Å²) in [6, 6.07) is 11.1. The van der Waals surface area contributed by atoms with Crippen LogP contribution in [0.3, 0.4) is 0 Å². The summed E-state index contributed by atoms with van der Waals surface area (Å²) in [6.07, 6.45) is -1.01. The van der Waals surface area contributed by atoms with Crippen LogP contribution in [0.2, 0.25) is 0 Å². The van der Waals surface area contributed by atoms with Gasteiger partial charge in [0.1, 0.15) is 31.0 Å². The summed E-state index contributed by atoms with van der Waals surface area (Å²) >= 11 is 0. The Hall–Kier alpha value is -2.77. The number of benzene rings is 2. The van der Waals surface area contributed by atoms with E-state index in [1.54, 1.807) is 6.07 Å². The molecule has 0 saturated heterocycles. The Morgan fingerprint density at radius 1 is 1.04 bits per heavy atom. The molecule has 0 aromatic heterocycles. The molecule has 0 radical (unpaired) electrons. The number of rotatable bonds is 3. The highest BCUT2D eigenvalue weighted by atomic mass is 16.6. The molecular weight excluding hydrogens is 350 g/mol. The molecule has 2 N–H and O–H groups in total. The Morgan fingerprint density at radius 2 is 1.78 bits per heavy atom. The number of amides is 1. The number of fused-ring (bicyclic) bond motifs is 5. The molecule has 0 fully saturated rings. The monoisotopic (exact) mass is 369 g/mol. The predicted molar refractivity (Wildman–Crippen MR) is 95.6 cm³/mol. The van der Waals surface area contributed by atoms with Crippen LogP contribution in [0.4, 0.5) is 5.69 Å². The molecule has 27 heavy (non-hydrogen) atoms. The summed E-state index contributed by atoms with van der Waals surface area (Å²) < 4.78 is 17.2. The van der Waals surface area contributed by atoms with Crippen LogP contribution < -0.4 is 19.1 Å². The summed E-state index contributed by atoms with van der Waals surface area (Å²) in [5.41, 5.74) is 1.30. The Labute approximate surface area is 155 Å². The third-order valence-electron chi connectivity index (χ3n) is 5.42. The topological polar surface area (TPSA) is 88.5 Å². The smallest absolute Gasteiger partial charge is 0.245 e. The summed E-state index contributed by atoms with van der Waals surface area (Å²) in [6.45, 7) is 0.718. The van der Waals surface area contributed by atoms with Gasteiger partial charge in [-0.05, 0) is 17.7 Å². The number of carbonyl (C=O) groups excluding carboxylic acids is 1. The van der Waals surface area contributed by atoms with Crippen molar-refractivity contribution in [2.24, 2.45) is 0 Å². The van der Waals surface area contributed by atoms with Crippen LogP contribution >= 0.6 is 0 Å². The van der Waals surface area contributed by atoms with E-state index in [1.807, 2.05) is 30.3 Å². The maximum Gasteiger partial charge on any atom is 0.245 e. The molecule has 2 aromatic rings. The fourth-order valence-corrected chi connectivity index (χ4v) is 4.16. The molecule has 140 valence electrons. The lowest BCUT2D eigenvalue weighted by atomic mass is 9.77. The van der Waals surface area contributed by atoms with E-state index in [4.69, 9.17) is 14.2 Å². The summed E-state index contributed by atoms with van der Waals surface area (Å²) in [5.74, 6) is 1.64. The first-order valence-electron chi connectivity index (χ1n) is 8.92. The lowest BCUT2D eigenvalue weighted by molar-refractivity contribution is -0.122. The average Bonchev–Trinajstić information content (AvgIpc) is 3.19. The van der Waals surface area contributed by atoms with Crippen LogP contribution in [-0.4, -0.2) is 55.2 Å². The molecule has 2 atom stereocenters. The number of nitrogens with zero attached hydrogens (tertiary/aromatic N) is 1. The van der Waals surface area contributed by atoms with Gasteiger partial charge in [-0.25, -0.2) is 0 Å². The molecule has 0 saturated carbocycles. The molecule has 1 spiro atoms. The summed E-state index contributed by atoms with van der Waals surface area (Å²) in [7, 11) is 0. The van der Waals surface area contributed by atoms with Crippen molar-refractivity contribution in [1.82, 2.24) is 0 Å². The minimum atomic E-state index is -1.01. The Balaban J connectivity index is 1.67. The van der Waals surface area contributed by atoms with Gasteiger partial charge < -0.3 is 29.3 Å². The van der Waals surface area contributed by atoms with Crippen LogP contribution in [0.25, 0.3) is 0 Å². The molecule has 7 heteroatoms. The highest BCUT2D eigenvalue weighted by Crippen LogP contribution is 2.54. The quantitative estimate of drug-likeness (QED) is 0.834. The van der Waals surface area contributed by atoms with Crippen molar-refractivity contribution in [2.45, 2.75) is 11.5 Å². The second-order valence-electron chi connectivity index (χ2n) is 6.96. The number of ether oxygens (including phenoxy) is 3. The van der Waals surface area contributed by atoms with Crippen LogP contribution in [0.15, 0.2) is 36.4 Å². The number of aliphatic hydroxyl groups excluding tert-OH is 2. The minimum Gasteiger partial charge on any atom is -0.491 e. The van der Waals surface area contributed by atoms with Crippen molar-refractivity contribution in [1.29, 1.82) is 0 Å². The molecule has 3 aliphatic heterocycles. The largest absolute Gasteiger partial charge is 0.491 e. The van der Waals surface area contributed by atoms with Crippen LogP contribution in [0.1, 0.15) is 11.1 Å². The molecule has 1 unspecified atom stereocenters. The number of β-amino-alcohol motifs (C(OH)–C–C–N with tert-alkyl or cyclic N) is 1. The van der Waals surface area contributed by atoms with Gasteiger partial charge in [0.25, 0.3) is 0 Å². The predicted octanol–water partition coefficient (Wildman–Crippen LogP) is 0.836. The van der Waals surface area contributed by atoms with Gasteiger partial charge in [0.05, 0.1) is 19.3 Å². The minimum absolute atomic E-state index is 0.0218. The number of carbonyl (C=O) groups is 1. The maximum atomic E-state index is 13.5. The second-order valence-corrected chi connectivity index (χ2v) is 6.96. The lowest BCUT2D eigenvalue weighted by Crippen LogP contribution is -2.45. The van der Waals surface area contributed by atoms with Gasteiger partial charge in [-0.15, -0.1) is 0 Å².